The van der Waals surface area contributed by atoms with Crippen LogP contribution in [0.3, 0.4) is 0 Å². The highest BCUT2D eigenvalue weighted by molar-refractivity contribution is 5.95. The molecule has 0 aliphatic rings. The van der Waals surface area contributed by atoms with E-state index in [-0.39, 0.29) is 6.61 Å². The van der Waals surface area contributed by atoms with Crippen LogP contribution in [0.1, 0.15) is 28.4 Å². The van der Waals surface area contributed by atoms with Crippen LogP contribution in [0.4, 0.5) is 0 Å². The van der Waals surface area contributed by atoms with Gasteiger partial charge in [0.15, 0.2) is 6.61 Å². The molecule has 0 saturated heterocycles. The Labute approximate surface area is 165 Å². The van der Waals surface area contributed by atoms with Gasteiger partial charge in [-0.15, -0.1) is 0 Å². The maximum absolute atomic E-state index is 12.2. The number of ether oxygens (including phenoxy) is 3. The number of benzene rings is 2. The second-order valence-electron chi connectivity index (χ2n) is 6.13. The Kier molecular flexibility index (Phi) is 8.30. The van der Waals surface area contributed by atoms with Crippen LogP contribution < -0.4 is 20.3 Å². The minimum Gasteiger partial charge on any atom is -0.491 e. The number of carbonyl (C=O) groups excluding carboxylic acids is 2. The molecule has 0 unspecified atom stereocenters. The number of hydrogen-bond donors (Lipinski definition) is 2. The molecule has 0 atom stereocenters. The molecule has 2 aromatic rings. The van der Waals surface area contributed by atoms with E-state index in [0.717, 1.165) is 11.1 Å². The molecule has 0 spiro atoms. The van der Waals surface area contributed by atoms with Gasteiger partial charge >= 0.3 is 0 Å². The van der Waals surface area contributed by atoms with Gasteiger partial charge in [0.2, 0.25) is 0 Å². The number of nitrogens with one attached hydrogen (secondary N) is 2. The van der Waals surface area contributed by atoms with Crippen molar-refractivity contribution in [2.75, 3.05) is 26.4 Å². The molecule has 0 aliphatic carbocycles. The summed E-state index contributed by atoms with van der Waals surface area (Å²) < 4.78 is 16.2. The van der Waals surface area contributed by atoms with Gasteiger partial charge in [0.05, 0.1) is 6.61 Å². The van der Waals surface area contributed by atoms with E-state index in [1.807, 2.05) is 39.0 Å². The van der Waals surface area contributed by atoms with Crippen LogP contribution in [0.15, 0.2) is 42.5 Å². The largest absolute Gasteiger partial charge is 0.491 e. The van der Waals surface area contributed by atoms with E-state index in [4.69, 9.17) is 14.2 Å². The summed E-state index contributed by atoms with van der Waals surface area (Å²) in [7, 11) is 0. The molecule has 0 fully saturated rings. The van der Waals surface area contributed by atoms with Crippen molar-refractivity contribution in [2.24, 2.45) is 0 Å². The second-order valence-corrected chi connectivity index (χ2v) is 6.13. The summed E-state index contributed by atoms with van der Waals surface area (Å²) in [6.07, 6.45) is 0. The summed E-state index contributed by atoms with van der Waals surface area (Å²) in [4.78, 5) is 24.1. The van der Waals surface area contributed by atoms with Crippen molar-refractivity contribution < 1.29 is 23.8 Å². The number of carbonyl (C=O) groups is 2. The topological polar surface area (TPSA) is 85.9 Å². The Morgan fingerprint density at radius 2 is 1.79 bits per heavy atom. The van der Waals surface area contributed by atoms with E-state index in [0.29, 0.717) is 36.9 Å². The average Bonchev–Trinajstić information content (AvgIpc) is 2.69. The van der Waals surface area contributed by atoms with Crippen molar-refractivity contribution >= 4 is 11.8 Å². The van der Waals surface area contributed by atoms with Gasteiger partial charge in [0.25, 0.3) is 11.8 Å². The highest BCUT2D eigenvalue weighted by atomic mass is 16.5. The quantitative estimate of drug-likeness (QED) is 0.511. The molecule has 0 radical (unpaired) electrons. The van der Waals surface area contributed by atoms with Crippen LogP contribution in [-0.4, -0.2) is 38.2 Å². The normalized spacial score (nSPS) is 10.2. The third-order valence-electron chi connectivity index (χ3n) is 3.80. The van der Waals surface area contributed by atoms with Crippen molar-refractivity contribution in [3.8, 4) is 11.5 Å². The molecule has 2 aromatic carbocycles. The third-order valence-corrected chi connectivity index (χ3v) is 3.80. The third kappa shape index (κ3) is 6.92. The van der Waals surface area contributed by atoms with Gasteiger partial charge in [-0.2, -0.15) is 0 Å². The van der Waals surface area contributed by atoms with Crippen molar-refractivity contribution in [1.82, 2.24) is 10.9 Å². The summed E-state index contributed by atoms with van der Waals surface area (Å²) in [6, 6.07) is 12.4. The Balaban J connectivity index is 1.78. The molecule has 0 aliphatic heterocycles. The summed E-state index contributed by atoms with van der Waals surface area (Å²) in [5.41, 5.74) is 7.12. The maximum atomic E-state index is 12.2. The first kappa shape index (κ1) is 21.2. The van der Waals surface area contributed by atoms with Crippen LogP contribution in [0.5, 0.6) is 11.5 Å². The van der Waals surface area contributed by atoms with Gasteiger partial charge in [0.1, 0.15) is 18.1 Å². The number of amides is 2. The fraction of sp³-hybridized carbons (Fsp3) is 0.333. The summed E-state index contributed by atoms with van der Waals surface area (Å²) in [5, 5.41) is 0. The molecular weight excluding hydrogens is 360 g/mol. The number of rotatable bonds is 9. The van der Waals surface area contributed by atoms with E-state index in [1.165, 1.54) is 0 Å². The fourth-order valence-corrected chi connectivity index (χ4v) is 2.43. The lowest BCUT2D eigenvalue weighted by molar-refractivity contribution is -0.123. The smallest absolute Gasteiger partial charge is 0.276 e. The minimum atomic E-state index is -0.461. The Hall–Kier alpha value is -3.06. The monoisotopic (exact) mass is 386 g/mol. The molecule has 150 valence electrons. The van der Waals surface area contributed by atoms with Crippen molar-refractivity contribution in [2.45, 2.75) is 20.8 Å². The van der Waals surface area contributed by atoms with Crippen molar-refractivity contribution in [3.63, 3.8) is 0 Å². The van der Waals surface area contributed by atoms with Gasteiger partial charge in [-0.1, -0.05) is 23.8 Å². The Morgan fingerprint density at radius 3 is 2.54 bits per heavy atom. The Bertz CT molecular complexity index is 807. The van der Waals surface area contributed by atoms with E-state index in [9.17, 15) is 9.59 Å². The number of hydrogen-bond acceptors (Lipinski definition) is 5. The molecule has 0 aromatic heterocycles. The lowest BCUT2D eigenvalue weighted by Gasteiger charge is -2.11. The molecule has 0 heterocycles. The first-order chi connectivity index (χ1) is 13.5. The van der Waals surface area contributed by atoms with Gasteiger partial charge in [-0.3, -0.25) is 20.4 Å². The molecule has 2 rings (SSSR count). The summed E-state index contributed by atoms with van der Waals surface area (Å²) in [6.45, 7) is 7.09. The molecule has 28 heavy (non-hydrogen) atoms. The predicted molar refractivity (Wildman–Crippen MR) is 105 cm³/mol. The van der Waals surface area contributed by atoms with Crippen LogP contribution in [0.25, 0.3) is 0 Å². The molecule has 0 saturated carbocycles. The number of aryl methyl sites for hydroxylation is 2. The van der Waals surface area contributed by atoms with Crippen LogP contribution in [0.2, 0.25) is 0 Å². The zero-order valence-electron chi connectivity index (χ0n) is 16.4. The van der Waals surface area contributed by atoms with Gasteiger partial charge in [0, 0.05) is 12.2 Å². The fourth-order valence-electron chi connectivity index (χ4n) is 2.43. The van der Waals surface area contributed by atoms with Crippen molar-refractivity contribution in [3.05, 3.63) is 59.2 Å². The van der Waals surface area contributed by atoms with E-state index in [2.05, 4.69) is 10.9 Å². The maximum Gasteiger partial charge on any atom is 0.276 e. The van der Waals surface area contributed by atoms with Gasteiger partial charge in [-0.05, 0) is 50.6 Å². The zero-order chi connectivity index (χ0) is 20.4. The first-order valence-corrected chi connectivity index (χ1v) is 9.09. The van der Waals surface area contributed by atoms with E-state index >= 15 is 0 Å². The summed E-state index contributed by atoms with van der Waals surface area (Å²) >= 11 is 0. The van der Waals surface area contributed by atoms with E-state index < -0.39 is 11.8 Å². The van der Waals surface area contributed by atoms with Gasteiger partial charge < -0.3 is 14.2 Å². The zero-order valence-corrected chi connectivity index (χ0v) is 16.4. The molecule has 2 N–H and O–H groups in total. The SMILES string of the molecule is CCOCCOc1cccc(C(=O)NNC(=O)COc2ccc(C)cc2C)c1. The average molecular weight is 386 g/mol. The lowest BCUT2D eigenvalue weighted by Crippen LogP contribution is -2.43. The minimum absolute atomic E-state index is 0.204. The molecular formula is C21H26N2O5. The standard InChI is InChI=1S/C21H26N2O5/c1-4-26-10-11-27-18-7-5-6-17(13-18)21(25)23-22-20(24)14-28-19-9-8-15(2)12-16(19)3/h5-9,12-13H,4,10-11,14H2,1-3H3,(H,22,24)(H,23,25). The summed E-state index contributed by atoms with van der Waals surface area (Å²) in [5.74, 6) is 0.272. The molecule has 7 heteroatoms. The number of hydrazine groups is 1. The first-order valence-electron chi connectivity index (χ1n) is 9.09. The van der Waals surface area contributed by atoms with Crippen LogP contribution >= 0.6 is 0 Å². The van der Waals surface area contributed by atoms with Crippen LogP contribution in [0, 0.1) is 13.8 Å². The van der Waals surface area contributed by atoms with E-state index in [1.54, 1.807) is 24.3 Å². The Morgan fingerprint density at radius 1 is 0.964 bits per heavy atom. The predicted octanol–water partition coefficient (Wildman–Crippen LogP) is 2.56. The lowest BCUT2D eigenvalue weighted by atomic mass is 10.1. The van der Waals surface area contributed by atoms with Gasteiger partial charge in [-0.25, -0.2) is 0 Å². The highest BCUT2D eigenvalue weighted by Gasteiger charge is 2.10. The second kappa shape index (κ2) is 10.9. The highest BCUT2D eigenvalue weighted by Crippen LogP contribution is 2.18. The van der Waals surface area contributed by atoms with Crippen LogP contribution in [-0.2, 0) is 9.53 Å². The van der Waals surface area contributed by atoms with Crippen molar-refractivity contribution in [1.29, 1.82) is 0 Å². The molecule has 2 amide bonds. The molecule has 0 bridgehead atoms. The molecule has 7 nitrogen and oxygen atoms in total.